The molecule has 0 N–H and O–H groups in total. The average molecular weight is 221 g/mol. The number of carbonyl (C=O) groups is 1. The van der Waals surface area contributed by atoms with Gasteiger partial charge in [-0.1, -0.05) is 6.07 Å². The van der Waals surface area contributed by atoms with E-state index in [1.165, 1.54) is 4.90 Å². The highest BCUT2D eigenvalue weighted by Crippen LogP contribution is 2.18. The van der Waals surface area contributed by atoms with Crippen molar-refractivity contribution in [3.8, 4) is 0 Å². The summed E-state index contributed by atoms with van der Waals surface area (Å²) in [6.07, 6.45) is 1.65. The molecule has 1 saturated heterocycles. The molecule has 78 valence electrons. The Morgan fingerprint density at radius 2 is 2.33 bits per heavy atom. The zero-order chi connectivity index (χ0) is 10.8. The summed E-state index contributed by atoms with van der Waals surface area (Å²) < 4.78 is 0. The van der Waals surface area contributed by atoms with E-state index in [-0.39, 0.29) is 5.91 Å². The smallest absolute Gasteiger partial charge is 0.254 e. The van der Waals surface area contributed by atoms with E-state index in [4.69, 9.17) is 12.2 Å². The van der Waals surface area contributed by atoms with Gasteiger partial charge in [0, 0.05) is 12.7 Å². The number of amides is 1. The summed E-state index contributed by atoms with van der Waals surface area (Å²) in [4.78, 5) is 19.2. The van der Waals surface area contributed by atoms with Crippen LogP contribution >= 0.6 is 12.2 Å². The van der Waals surface area contributed by atoms with Crippen molar-refractivity contribution >= 4 is 29.1 Å². The number of pyridine rings is 1. The number of aromatic nitrogens is 1. The van der Waals surface area contributed by atoms with E-state index in [0.29, 0.717) is 17.5 Å². The largest absolute Gasteiger partial charge is 0.339 e. The van der Waals surface area contributed by atoms with Crippen molar-refractivity contribution in [1.29, 1.82) is 0 Å². The summed E-state index contributed by atoms with van der Waals surface area (Å²) in [5.41, 5.74) is 0. The standard InChI is InChI=1S/C10H11N3OS/c1-2-12-7-9(14)13(10(12)15)8-5-3-4-6-11-8/h3-6H,2,7H2,1H3. The highest BCUT2D eigenvalue weighted by Gasteiger charge is 2.33. The molecule has 0 atom stereocenters. The Labute approximate surface area is 93.5 Å². The molecule has 0 bridgehead atoms. The maximum Gasteiger partial charge on any atom is 0.254 e. The lowest BCUT2D eigenvalue weighted by molar-refractivity contribution is -0.116. The molecule has 0 saturated carbocycles. The molecule has 15 heavy (non-hydrogen) atoms. The molecule has 1 fully saturated rings. The van der Waals surface area contributed by atoms with Gasteiger partial charge in [0.15, 0.2) is 5.11 Å². The van der Waals surface area contributed by atoms with Gasteiger partial charge in [-0.25, -0.2) is 9.88 Å². The predicted molar refractivity (Wildman–Crippen MR) is 61.6 cm³/mol. The van der Waals surface area contributed by atoms with Gasteiger partial charge in [0.1, 0.15) is 12.4 Å². The topological polar surface area (TPSA) is 36.4 Å². The Kier molecular flexibility index (Phi) is 2.64. The molecule has 0 spiro atoms. The summed E-state index contributed by atoms with van der Waals surface area (Å²) in [6, 6.07) is 5.43. The fraction of sp³-hybridized carbons (Fsp3) is 0.300. The molecule has 1 amide bonds. The number of nitrogens with zero attached hydrogens (tertiary/aromatic N) is 3. The van der Waals surface area contributed by atoms with Gasteiger partial charge in [0.25, 0.3) is 5.91 Å². The minimum atomic E-state index is -0.0134. The Hall–Kier alpha value is -1.49. The van der Waals surface area contributed by atoms with E-state index in [1.54, 1.807) is 12.3 Å². The van der Waals surface area contributed by atoms with E-state index in [2.05, 4.69) is 4.98 Å². The van der Waals surface area contributed by atoms with Crippen molar-refractivity contribution < 1.29 is 4.79 Å². The normalized spacial score (nSPS) is 16.3. The molecule has 4 nitrogen and oxygen atoms in total. The minimum Gasteiger partial charge on any atom is -0.339 e. The molecule has 0 aromatic carbocycles. The van der Waals surface area contributed by atoms with Crippen LogP contribution in [0.5, 0.6) is 0 Å². The van der Waals surface area contributed by atoms with Crippen molar-refractivity contribution in [2.75, 3.05) is 18.0 Å². The number of hydrogen-bond acceptors (Lipinski definition) is 3. The molecular formula is C10H11N3OS. The number of carbonyl (C=O) groups excluding carboxylic acids is 1. The van der Waals surface area contributed by atoms with Crippen LogP contribution in [0, 0.1) is 0 Å². The third-order valence-corrected chi connectivity index (χ3v) is 2.74. The number of anilines is 1. The maximum absolute atomic E-state index is 11.7. The molecule has 1 aromatic rings. The molecule has 0 aliphatic carbocycles. The Balaban J connectivity index is 2.31. The molecular weight excluding hydrogens is 210 g/mol. The number of likely N-dealkylation sites (N-methyl/N-ethyl adjacent to an activating group) is 1. The highest BCUT2D eigenvalue weighted by atomic mass is 32.1. The van der Waals surface area contributed by atoms with Crippen LogP contribution in [0.3, 0.4) is 0 Å². The average Bonchev–Trinajstić information content (AvgIpc) is 2.55. The molecule has 5 heteroatoms. The van der Waals surface area contributed by atoms with Crippen molar-refractivity contribution in [2.24, 2.45) is 0 Å². The fourth-order valence-electron chi connectivity index (χ4n) is 1.51. The van der Waals surface area contributed by atoms with Crippen LogP contribution in [0.2, 0.25) is 0 Å². The van der Waals surface area contributed by atoms with Gasteiger partial charge < -0.3 is 4.90 Å². The second-order valence-corrected chi connectivity index (χ2v) is 3.58. The van der Waals surface area contributed by atoms with Crippen molar-refractivity contribution in [3.05, 3.63) is 24.4 Å². The molecule has 0 radical (unpaired) electrons. The highest BCUT2D eigenvalue weighted by molar-refractivity contribution is 7.80. The predicted octanol–water partition coefficient (Wildman–Crippen LogP) is 1.04. The van der Waals surface area contributed by atoms with Crippen LogP contribution in [0.15, 0.2) is 24.4 Å². The summed E-state index contributed by atoms with van der Waals surface area (Å²) in [7, 11) is 0. The van der Waals surface area contributed by atoms with E-state index < -0.39 is 0 Å². The van der Waals surface area contributed by atoms with Crippen LogP contribution in [-0.4, -0.2) is 34.0 Å². The maximum atomic E-state index is 11.7. The zero-order valence-electron chi connectivity index (χ0n) is 8.38. The second kappa shape index (κ2) is 3.94. The van der Waals surface area contributed by atoms with Crippen LogP contribution in [0.4, 0.5) is 5.82 Å². The molecule has 1 aliphatic heterocycles. The number of hydrogen-bond donors (Lipinski definition) is 0. The Morgan fingerprint density at radius 3 is 2.87 bits per heavy atom. The van der Waals surface area contributed by atoms with Crippen molar-refractivity contribution in [3.63, 3.8) is 0 Å². The molecule has 1 aliphatic rings. The number of rotatable bonds is 2. The first-order chi connectivity index (χ1) is 7.24. The van der Waals surface area contributed by atoms with E-state index in [9.17, 15) is 4.79 Å². The van der Waals surface area contributed by atoms with Crippen molar-refractivity contribution in [1.82, 2.24) is 9.88 Å². The summed E-state index contributed by atoms with van der Waals surface area (Å²) in [5.74, 6) is 0.587. The summed E-state index contributed by atoms with van der Waals surface area (Å²) >= 11 is 5.21. The van der Waals surface area contributed by atoms with Crippen LogP contribution in [0.1, 0.15) is 6.92 Å². The van der Waals surface area contributed by atoms with Gasteiger partial charge in [-0.2, -0.15) is 0 Å². The summed E-state index contributed by atoms with van der Waals surface area (Å²) in [5, 5.41) is 0.543. The Morgan fingerprint density at radius 1 is 1.53 bits per heavy atom. The van der Waals surface area contributed by atoms with E-state index in [0.717, 1.165) is 6.54 Å². The van der Waals surface area contributed by atoms with Crippen LogP contribution in [0.25, 0.3) is 0 Å². The summed E-state index contributed by atoms with van der Waals surface area (Å²) in [6.45, 7) is 3.07. The lowest BCUT2D eigenvalue weighted by atomic mass is 10.4. The van der Waals surface area contributed by atoms with Gasteiger partial charge in [-0.15, -0.1) is 0 Å². The van der Waals surface area contributed by atoms with Crippen LogP contribution in [-0.2, 0) is 4.79 Å². The second-order valence-electron chi connectivity index (χ2n) is 3.21. The molecule has 2 heterocycles. The van der Waals surface area contributed by atoms with E-state index in [1.807, 2.05) is 24.0 Å². The van der Waals surface area contributed by atoms with Gasteiger partial charge in [-0.05, 0) is 31.3 Å². The third kappa shape index (κ3) is 1.70. The van der Waals surface area contributed by atoms with Gasteiger partial charge in [0.05, 0.1) is 0 Å². The zero-order valence-corrected chi connectivity index (χ0v) is 9.20. The van der Waals surface area contributed by atoms with Gasteiger partial charge in [0.2, 0.25) is 0 Å². The lowest BCUT2D eigenvalue weighted by Gasteiger charge is -2.17. The van der Waals surface area contributed by atoms with Gasteiger partial charge in [-0.3, -0.25) is 4.79 Å². The minimum absolute atomic E-state index is 0.0134. The van der Waals surface area contributed by atoms with Crippen LogP contribution < -0.4 is 4.90 Å². The van der Waals surface area contributed by atoms with Gasteiger partial charge >= 0.3 is 0 Å². The first-order valence-corrected chi connectivity index (χ1v) is 5.17. The monoisotopic (exact) mass is 221 g/mol. The van der Waals surface area contributed by atoms with E-state index >= 15 is 0 Å². The Bertz CT molecular complexity index is 393. The third-order valence-electron chi connectivity index (χ3n) is 2.30. The fourth-order valence-corrected chi connectivity index (χ4v) is 1.90. The lowest BCUT2D eigenvalue weighted by Crippen LogP contribution is -2.33. The molecule has 2 rings (SSSR count). The first kappa shape index (κ1) is 10.0. The molecule has 1 aromatic heterocycles. The SMILES string of the molecule is CCN1CC(=O)N(c2ccccn2)C1=S. The number of thiocarbonyl (C=S) groups is 1. The first-order valence-electron chi connectivity index (χ1n) is 4.77. The quantitative estimate of drug-likeness (QED) is 0.699. The van der Waals surface area contributed by atoms with Crippen molar-refractivity contribution in [2.45, 2.75) is 6.92 Å². The molecule has 0 unspecified atom stereocenters.